The molecule has 0 spiro atoms. The molecule has 0 fully saturated rings. The van der Waals surface area contributed by atoms with Crippen LogP contribution in [0.4, 0.5) is 0 Å². The van der Waals surface area contributed by atoms with Crippen molar-refractivity contribution in [2.75, 3.05) is 0 Å². The van der Waals surface area contributed by atoms with Crippen LogP contribution in [0.15, 0.2) is 6.07 Å². The van der Waals surface area contributed by atoms with Gasteiger partial charge in [0, 0.05) is 0 Å². The Morgan fingerprint density at radius 2 is 1.17 bits per heavy atom. The van der Waals surface area contributed by atoms with E-state index in [0.717, 1.165) is 0 Å². The molecule has 0 aliphatic carbocycles. The predicted octanol–water partition coefficient (Wildman–Crippen LogP) is 7.35. The van der Waals surface area contributed by atoms with Gasteiger partial charge in [0.15, 0.2) is 0 Å². The maximum atomic E-state index is 2.47. The van der Waals surface area contributed by atoms with E-state index in [-0.39, 0.29) is 0 Å². The molecule has 0 bridgehead atoms. The van der Waals surface area contributed by atoms with Gasteiger partial charge in [0.05, 0.1) is 0 Å². The van der Waals surface area contributed by atoms with Gasteiger partial charge in [-0.2, -0.15) is 0 Å². The van der Waals surface area contributed by atoms with Crippen LogP contribution < -0.4 is 0 Å². The second-order valence-electron chi connectivity index (χ2n) is 9.91. The van der Waals surface area contributed by atoms with Crippen molar-refractivity contribution in [3.63, 3.8) is 0 Å². The maximum Gasteiger partial charge on any atom is -0.0273 e. The first-order valence-corrected chi connectivity index (χ1v) is 9.49. The smallest absolute Gasteiger partial charge is 0.0273 e. The Bertz CT molecular complexity index is 506. The lowest BCUT2D eigenvalue weighted by Crippen LogP contribution is -2.08. The zero-order valence-corrected chi connectivity index (χ0v) is 17.3. The van der Waals surface area contributed by atoms with Crippen molar-refractivity contribution >= 4 is 0 Å². The summed E-state index contributed by atoms with van der Waals surface area (Å²) in [6.45, 7) is 21.0. The van der Waals surface area contributed by atoms with E-state index in [1.807, 2.05) is 0 Å². The summed E-state index contributed by atoms with van der Waals surface area (Å²) >= 11 is 0. The number of aryl methyl sites for hydroxylation is 2. The molecule has 0 heterocycles. The summed E-state index contributed by atoms with van der Waals surface area (Å²) in [5.74, 6) is 0. The molecule has 0 aliphatic rings. The molecule has 0 saturated carbocycles. The van der Waals surface area contributed by atoms with Gasteiger partial charge in [-0.05, 0) is 97.9 Å². The topological polar surface area (TPSA) is 0 Å². The lowest BCUT2D eigenvalue weighted by atomic mass is 9.84. The molecule has 0 radical (unpaired) electrons. The van der Waals surface area contributed by atoms with E-state index in [0.29, 0.717) is 10.8 Å². The van der Waals surface area contributed by atoms with Crippen molar-refractivity contribution in [3.8, 4) is 0 Å². The van der Waals surface area contributed by atoms with Crippen LogP contribution in [0.5, 0.6) is 0 Å². The van der Waals surface area contributed by atoms with E-state index in [2.05, 4.69) is 68.4 Å². The van der Waals surface area contributed by atoms with Gasteiger partial charge >= 0.3 is 0 Å². The number of benzene rings is 1. The average molecular weight is 317 g/mol. The first-order chi connectivity index (χ1) is 10.4. The summed E-state index contributed by atoms with van der Waals surface area (Å²) in [7, 11) is 0. The Hall–Kier alpha value is -0.780. The van der Waals surface area contributed by atoms with Crippen LogP contribution in [0.25, 0.3) is 0 Å². The molecule has 132 valence electrons. The quantitative estimate of drug-likeness (QED) is 0.514. The normalized spacial score (nSPS) is 12.7. The monoisotopic (exact) mass is 316 g/mol. The summed E-state index contributed by atoms with van der Waals surface area (Å²) in [5.41, 5.74) is 8.66. The van der Waals surface area contributed by atoms with Crippen LogP contribution in [0.3, 0.4) is 0 Å². The van der Waals surface area contributed by atoms with Gasteiger partial charge in [0.1, 0.15) is 0 Å². The molecule has 0 unspecified atom stereocenters. The number of hydrogen-bond donors (Lipinski definition) is 0. The van der Waals surface area contributed by atoms with E-state index in [4.69, 9.17) is 0 Å². The van der Waals surface area contributed by atoms with E-state index in [9.17, 15) is 0 Å². The molecular weight excluding hydrogens is 276 g/mol. The molecule has 1 rings (SSSR count). The molecule has 1 aromatic carbocycles. The molecule has 0 saturated heterocycles. The van der Waals surface area contributed by atoms with Gasteiger partial charge in [0.25, 0.3) is 0 Å². The lowest BCUT2D eigenvalue weighted by Gasteiger charge is -2.21. The highest BCUT2D eigenvalue weighted by Gasteiger charge is 2.14. The van der Waals surface area contributed by atoms with Crippen molar-refractivity contribution < 1.29 is 0 Å². The first kappa shape index (κ1) is 20.3. The highest BCUT2D eigenvalue weighted by atomic mass is 14.2. The molecular formula is C23H40. The molecule has 0 atom stereocenters. The number of hydrogen-bond acceptors (Lipinski definition) is 0. The maximum absolute atomic E-state index is 2.47. The van der Waals surface area contributed by atoms with Gasteiger partial charge < -0.3 is 0 Å². The largest absolute Gasteiger partial charge is 0.0602 e. The lowest BCUT2D eigenvalue weighted by molar-refractivity contribution is 0.364. The van der Waals surface area contributed by atoms with E-state index in [1.165, 1.54) is 49.7 Å². The van der Waals surface area contributed by atoms with Crippen molar-refractivity contribution in [1.82, 2.24) is 0 Å². The Balaban J connectivity index is 2.79. The Labute approximate surface area is 146 Å². The Morgan fingerprint density at radius 1 is 0.696 bits per heavy atom. The van der Waals surface area contributed by atoms with Crippen LogP contribution in [-0.4, -0.2) is 0 Å². The van der Waals surface area contributed by atoms with Crippen molar-refractivity contribution in [3.05, 3.63) is 33.9 Å². The van der Waals surface area contributed by atoms with Crippen LogP contribution in [0.1, 0.15) is 95.0 Å². The highest BCUT2D eigenvalue weighted by molar-refractivity contribution is 5.44. The SMILES string of the molecule is Cc1cc(CCCC(C)(C)C)c(C)c(C)c1CCCC(C)(C)C. The van der Waals surface area contributed by atoms with Crippen molar-refractivity contribution in [1.29, 1.82) is 0 Å². The highest BCUT2D eigenvalue weighted by Crippen LogP contribution is 2.28. The van der Waals surface area contributed by atoms with Gasteiger partial charge in [-0.1, -0.05) is 47.6 Å². The zero-order valence-electron chi connectivity index (χ0n) is 17.3. The fourth-order valence-corrected chi connectivity index (χ4v) is 3.47. The minimum absolute atomic E-state index is 0.448. The van der Waals surface area contributed by atoms with E-state index >= 15 is 0 Å². The standard InChI is InChI=1S/C23H40/c1-17-16-20(12-10-14-22(4,5)6)18(2)19(3)21(17)13-11-15-23(7,8)9/h16H,10-15H2,1-9H3. The first-order valence-electron chi connectivity index (χ1n) is 9.49. The molecule has 23 heavy (non-hydrogen) atoms. The second kappa shape index (κ2) is 7.86. The van der Waals surface area contributed by atoms with Crippen molar-refractivity contribution in [2.45, 2.75) is 101 Å². The van der Waals surface area contributed by atoms with E-state index < -0.39 is 0 Å². The average Bonchev–Trinajstić information content (AvgIpc) is 2.36. The van der Waals surface area contributed by atoms with Gasteiger partial charge in [-0.3, -0.25) is 0 Å². The zero-order chi connectivity index (χ0) is 17.8. The van der Waals surface area contributed by atoms with Crippen LogP contribution in [-0.2, 0) is 12.8 Å². The van der Waals surface area contributed by atoms with E-state index in [1.54, 1.807) is 16.7 Å². The Morgan fingerprint density at radius 3 is 1.65 bits per heavy atom. The molecule has 0 nitrogen and oxygen atoms in total. The van der Waals surface area contributed by atoms with Gasteiger partial charge in [0.2, 0.25) is 0 Å². The fraction of sp³-hybridized carbons (Fsp3) is 0.739. The summed E-state index contributed by atoms with van der Waals surface area (Å²) in [6, 6.07) is 2.47. The molecule has 0 aromatic heterocycles. The molecule has 0 heteroatoms. The third-order valence-corrected chi connectivity index (χ3v) is 5.09. The van der Waals surface area contributed by atoms with Crippen molar-refractivity contribution in [2.24, 2.45) is 10.8 Å². The molecule has 0 N–H and O–H groups in total. The van der Waals surface area contributed by atoms with Crippen LogP contribution in [0.2, 0.25) is 0 Å². The minimum atomic E-state index is 0.448. The van der Waals surface area contributed by atoms with Gasteiger partial charge in [-0.25, -0.2) is 0 Å². The minimum Gasteiger partial charge on any atom is -0.0602 e. The van der Waals surface area contributed by atoms with Crippen LogP contribution >= 0.6 is 0 Å². The second-order valence-corrected chi connectivity index (χ2v) is 9.91. The molecule has 0 aliphatic heterocycles. The summed E-state index contributed by atoms with van der Waals surface area (Å²) in [5, 5.41) is 0. The Kier molecular flexibility index (Phi) is 6.93. The van der Waals surface area contributed by atoms with Crippen LogP contribution in [0, 0.1) is 31.6 Å². The number of rotatable bonds is 6. The third-order valence-electron chi connectivity index (χ3n) is 5.09. The molecule has 1 aromatic rings. The summed E-state index contributed by atoms with van der Waals surface area (Å²) < 4.78 is 0. The summed E-state index contributed by atoms with van der Waals surface area (Å²) in [4.78, 5) is 0. The fourth-order valence-electron chi connectivity index (χ4n) is 3.47. The molecule has 0 amide bonds. The predicted molar refractivity (Wildman–Crippen MR) is 105 cm³/mol. The summed E-state index contributed by atoms with van der Waals surface area (Å²) in [6.07, 6.45) is 7.67. The third kappa shape index (κ3) is 7.10. The van der Waals surface area contributed by atoms with Gasteiger partial charge in [-0.15, -0.1) is 0 Å².